The zero-order valence-electron chi connectivity index (χ0n) is 13.2. The van der Waals surface area contributed by atoms with Crippen molar-refractivity contribution in [2.24, 2.45) is 0 Å². The summed E-state index contributed by atoms with van der Waals surface area (Å²) < 4.78 is 11.1. The molecule has 2 rings (SSSR count). The van der Waals surface area contributed by atoms with Crippen LogP contribution in [0, 0.1) is 0 Å². The highest BCUT2D eigenvalue weighted by Crippen LogP contribution is 2.11. The van der Waals surface area contributed by atoms with E-state index in [1.807, 2.05) is 30.4 Å². The van der Waals surface area contributed by atoms with Crippen LogP contribution < -0.4 is 5.32 Å². The molecule has 0 spiro atoms. The minimum Gasteiger partial charge on any atom is -0.377 e. The van der Waals surface area contributed by atoms with Gasteiger partial charge in [0.15, 0.2) is 0 Å². The van der Waals surface area contributed by atoms with E-state index in [4.69, 9.17) is 9.47 Å². The monoisotopic (exact) mass is 317 g/mol. The Morgan fingerprint density at radius 3 is 2.70 bits per heavy atom. The summed E-state index contributed by atoms with van der Waals surface area (Å²) in [5.74, 6) is -0.252. The third-order valence-corrected chi connectivity index (χ3v) is 3.60. The molecule has 1 atom stereocenters. The van der Waals surface area contributed by atoms with E-state index in [0.717, 1.165) is 24.7 Å². The lowest BCUT2D eigenvalue weighted by atomic mass is 10.1. The van der Waals surface area contributed by atoms with Gasteiger partial charge in [0.25, 0.3) is 5.91 Å². The van der Waals surface area contributed by atoms with E-state index in [2.05, 4.69) is 5.32 Å². The Labute approximate surface area is 136 Å². The van der Waals surface area contributed by atoms with Crippen LogP contribution in [0.3, 0.4) is 0 Å². The van der Waals surface area contributed by atoms with E-state index in [1.54, 1.807) is 6.07 Å². The lowest BCUT2D eigenvalue weighted by Crippen LogP contribution is -2.36. The first-order chi connectivity index (χ1) is 11.3. The third-order valence-electron chi connectivity index (χ3n) is 3.60. The quantitative estimate of drug-likeness (QED) is 0.637. The molecule has 124 valence electrons. The molecule has 0 bridgehead atoms. The van der Waals surface area contributed by atoms with Crippen LogP contribution in [0.25, 0.3) is 0 Å². The molecule has 1 N–H and O–H groups in total. The summed E-state index contributed by atoms with van der Waals surface area (Å²) in [6, 6.07) is 6.77. The average Bonchev–Trinajstić information content (AvgIpc) is 2.57. The molecule has 1 aromatic rings. The predicted octanol–water partition coefficient (Wildman–Crippen LogP) is 2.26. The van der Waals surface area contributed by atoms with Crippen molar-refractivity contribution >= 4 is 12.2 Å². The van der Waals surface area contributed by atoms with Gasteiger partial charge in [0, 0.05) is 18.8 Å². The summed E-state index contributed by atoms with van der Waals surface area (Å²) in [6.45, 7) is 2.23. The van der Waals surface area contributed by atoms with Crippen LogP contribution in [0.4, 0.5) is 0 Å². The van der Waals surface area contributed by atoms with Gasteiger partial charge in [-0.05, 0) is 30.9 Å². The van der Waals surface area contributed by atoms with Gasteiger partial charge in [0.1, 0.15) is 6.29 Å². The van der Waals surface area contributed by atoms with Gasteiger partial charge in [-0.3, -0.25) is 4.79 Å². The Morgan fingerprint density at radius 1 is 1.09 bits per heavy atom. The maximum atomic E-state index is 12.4. The molecular formula is C18H23NO4. The summed E-state index contributed by atoms with van der Waals surface area (Å²) in [4.78, 5) is 23.5. The summed E-state index contributed by atoms with van der Waals surface area (Å²) >= 11 is 0. The molecule has 0 saturated heterocycles. The molecule has 1 heterocycles. The molecule has 1 unspecified atom stereocenters. The zero-order chi connectivity index (χ0) is 16.3. The minimum atomic E-state index is -0.541. The van der Waals surface area contributed by atoms with E-state index < -0.39 is 6.04 Å². The molecule has 23 heavy (non-hydrogen) atoms. The molecule has 1 amide bonds. The number of rotatable bonds is 1. The number of ether oxygens (including phenoxy) is 2. The van der Waals surface area contributed by atoms with Crippen molar-refractivity contribution in [3.8, 4) is 0 Å². The molecule has 1 aliphatic rings. The average molecular weight is 317 g/mol. The van der Waals surface area contributed by atoms with Crippen molar-refractivity contribution in [1.29, 1.82) is 0 Å². The topological polar surface area (TPSA) is 64.6 Å². The Kier molecular flexibility index (Phi) is 7.49. The predicted molar refractivity (Wildman–Crippen MR) is 87.2 cm³/mol. The van der Waals surface area contributed by atoms with Gasteiger partial charge in [-0.25, -0.2) is 0 Å². The smallest absolute Gasteiger partial charge is 0.252 e. The summed E-state index contributed by atoms with van der Waals surface area (Å²) in [5, 5.41) is 2.75. The number of amides is 1. The number of hydrogen-bond acceptors (Lipinski definition) is 4. The van der Waals surface area contributed by atoms with Crippen LogP contribution in [0.5, 0.6) is 0 Å². The maximum Gasteiger partial charge on any atom is 0.252 e. The lowest BCUT2D eigenvalue weighted by molar-refractivity contribution is -0.109. The number of hydrogen-bond donors (Lipinski definition) is 1. The van der Waals surface area contributed by atoms with Gasteiger partial charge in [-0.2, -0.15) is 0 Å². The van der Waals surface area contributed by atoms with E-state index >= 15 is 0 Å². The van der Waals surface area contributed by atoms with Crippen LogP contribution in [0.2, 0.25) is 0 Å². The van der Waals surface area contributed by atoms with Gasteiger partial charge < -0.3 is 19.6 Å². The molecule has 5 nitrogen and oxygen atoms in total. The number of fused-ring (bicyclic) bond motifs is 1. The SMILES string of the molecule is O=CC1C/C=C\COCCCCOCc2ccccc2C(=O)N1. The van der Waals surface area contributed by atoms with E-state index in [0.29, 0.717) is 38.4 Å². The number of carbonyl (C=O) groups excluding carboxylic acids is 2. The largest absolute Gasteiger partial charge is 0.377 e. The van der Waals surface area contributed by atoms with E-state index in [-0.39, 0.29) is 5.91 Å². The van der Waals surface area contributed by atoms with Crippen LogP contribution in [0.15, 0.2) is 36.4 Å². The Hall–Kier alpha value is -1.98. The first kappa shape index (κ1) is 17.4. The second kappa shape index (κ2) is 9.92. The normalized spacial score (nSPS) is 22.6. The van der Waals surface area contributed by atoms with Gasteiger partial charge in [-0.1, -0.05) is 30.4 Å². The van der Waals surface area contributed by atoms with Gasteiger partial charge >= 0.3 is 0 Å². The highest BCUT2D eigenvalue weighted by Gasteiger charge is 2.15. The van der Waals surface area contributed by atoms with Crippen molar-refractivity contribution in [3.05, 3.63) is 47.5 Å². The number of nitrogens with one attached hydrogen (secondary N) is 1. The summed E-state index contributed by atoms with van der Waals surface area (Å²) in [7, 11) is 0. The van der Waals surface area contributed by atoms with Crippen LogP contribution in [-0.2, 0) is 20.9 Å². The minimum absolute atomic E-state index is 0.252. The van der Waals surface area contributed by atoms with Crippen molar-refractivity contribution in [2.75, 3.05) is 19.8 Å². The molecule has 1 aromatic carbocycles. The highest BCUT2D eigenvalue weighted by molar-refractivity contribution is 5.97. The number of carbonyl (C=O) groups is 2. The second-order valence-electron chi connectivity index (χ2n) is 5.41. The molecule has 0 radical (unpaired) electrons. The van der Waals surface area contributed by atoms with Crippen molar-refractivity contribution in [2.45, 2.75) is 31.9 Å². The summed E-state index contributed by atoms with van der Waals surface area (Å²) in [6.07, 6.45) is 6.81. The van der Waals surface area contributed by atoms with Gasteiger partial charge in [-0.15, -0.1) is 0 Å². The molecule has 0 aromatic heterocycles. The zero-order valence-corrected chi connectivity index (χ0v) is 13.2. The molecule has 5 heteroatoms. The first-order valence-electron chi connectivity index (χ1n) is 7.96. The Morgan fingerprint density at radius 2 is 1.87 bits per heavy atom. The van der Waals surface area contributed by atoms with E-state index in [1.165, 1.54) is 0 Å². The molecular weight excluding hydrogens is 294 g/mol. The molecule has 1 aliphatic heterocycles. The fourth-order valence-electron chi connectivity index (χ4n) is 2.31. The van der Waals surface area contributed by atoms with Gasteiger partial charge in [0.05, 0.1) is 19.3 Å². The molecule has 0 fully saturated rings. The van der Waals surface area contributed by atoms with Crippen molar-refractivity contribution in [1.82, 2.24) is 5.32 Å². The second-order valence-corrected chi connectivity index (χ2v) is 5.41. The lowest BCUT2D eigenvalue weighted by Gasteiger charge is -2.14. The fourth-order valence-corrected chi connectivity index (χ4v) is 2.31. The van der Waals surface area contributed by atoms with Crippen molar-refractivity contribution in [3.63, 3.8) is 0 Å². The Balaban J connectivity index is 2.10. The van der Waals surface area contributed by atoms with E-state index in [9.17, 15) is 9.59 Å². The standard InChI is InChI=1S/C18H23NO4/c20-13-16-8-3-4-10-22-11-5-6-12-23-14-15-7-1-2-9-17(15)18(21)19-16/h1-4,7,9,13,16H,5-6,8,10-12,14H2,(H,19,21)/b4-3-. The van der Waals surface area contributed by atoms with Crippen LogP contribution in [-0.4, -0.2) is 38.1 Å². The van der Waals surface area contributed by atoms with Crippen LogP contribution in [0.1, 0.15) is 35.2 Å². The first-order valence-corrected chi connectivity index (χ1v) is 7.96. The van der Waals surface area contributed by atoms with Crippen molar-refractivity contribution < 1.29 is 19.1 Å². The third kappa shape index (κ3) is 5.96. The van der Waals surface area contributed by atoms with Crippen LogP contribution >= 0.6 is 0 Å². The summed E-state index contributed by atoms with van der Waals surface area (Å²) in [5.41, 5.74) is 1.38. The fraction of sp³-hybridized carbons (Fsp3) is 0.444. The van der Waals surface area contributed by atoms with Gasteiger partial charge in [0.2, 0.25) is 0 Å². The highest BCUT2D eigenvalue weighted by atomic mass is 16.5. The maximum absolute atomic E-state index is 12.4. The Bertz CT molecular complexity index is 542. The number of benzene rings is 1. The molecule has 0 saturated carbocycles. The number of aldehydes is 1. The molecule has 0 aliphatic carbocycles.